The zero-order chi connectivity index (χ0) is 13.2. The Hall–Kier alpha value is -0.810. The van der Waals surface area contributed by atoms with Crippen LogP contribution in [0.25, 0.3) is 0 Å². The lowest BCUT2D eigenvalue weighted by molar-refractivity contribution is -0.161. The fraction of sp³-hybridized carbons (Fsp3) is 0.923. The molecule has 1 heterocycles. The van der Waals surface area contributed by atoms with Crippen LogP contribution in [0.2, 0.25) is 0 Å². The van der Waals surface area contributed by atoms with E-state index in [9.17, 15) is 4.79 Å². The topological polar surface area (TPSA) is 56.8 Å². The zero-order valence-electron chi connectivity index (χ0n) is 11.5. The Morgan fingerprint density at radius 1 is 1.39 bits per heavy atom. The van der Waals surface area contributed by atoms with Gasteiger partial charge in [0.15, 0.2) is 5.79 Å². The highest BCUT2D eigenvalue weighted by Crippen LogP contribution is 2.38. The molecule has 1 saturated carbocycles. The lowest BCUT2D eigenvalue weighted by Gasteiger charge is -2.23. The molecule has 2 rings (SSSR count). The van der Waals surface area contributed by atoms with Crippen LogP contribution in [0.1, 0.15) is 46.5 Å². The molecule has 1 N–H and O–H groups in total. The van der Waals surface area contributed by atoms with Gasteiger partial charge in [-0.1, -0.05) is 0 Å². The minimum atomic E-state index is -0.468. The summed E-state index contributed by atoms with van der Waals surface area (Å²) in [5.74, 6) is -0.361. The van der Waals surface area contributed by atoms with Gasteiger partial charge in [0.25, 0.3) is 0 Å². The van der Waals surface area contributed by atoms with Gasteiger partial charge in [0.1, 0.15) is 11.7 Å². The minimum Gasteiger partial charge on any atom is -0.444 e. The predicted molar refractivity (Wildman–Crippen MR) is 66.3 cm³/mol. The second-order valence-electron chi connectivity index (χ2n) is 6.05. The van der Waals surface area contributed by atoms with E-state index < -0.39 is 11.7 Å². The largest absolute Gasteiger partial charge is 0.444 e. The number of rotatable bonds is 2. The van der Waals surface area contributed by atoms with E-state index in [0.29, 0.717) is 13.2 Å². The third kappa shape index (κ3) is 3.59. The molecule has 2 aliphatic rings. The maximum absolute atomic E-state index is 11.5. The number of alkyl carbamates (subject to hydrolysis) is 1. The molecule has 1 amide bonds. The number of carbonyl (C=O) groups is 1. The fourth-order valence-electron chi connectivity index (χ4n) is 2.40. The van der Waals surface area contributed by atoms with Crippen LogP contribution in [0.4, 0.5) is 4.79 Å². The molecule has 0 aromatic rings. The molecule has 1 aliphatic heterocycles. The zero-order valence-corrected chi connectivity index (χ0v) is 11.5. The first-order valence-electron chi connectivity index (χ1n) is 6.67. The maximum Gasteiger partial charge on any atom is 0.407 e. The Morgan fingerprint density at radius 2 is 2.06 bits per heavy atom. The van der Waals surface area contributed by atoms with E-state index >= 15 is 0 Å². The molecule has 0 aromatic heterocycles. The van der Waals surface area contributed by atoms with Crippen LogP contribution in [-0.2, 0) is 14.2 Å². The summed E-state index contributed by atoms with van der Waals surface area (Å²) in [6, 6.07) is 0. The van der Waals surface area contributed by atoms with Crippen molar-refractivity contribution in [3.8, 4) is 0 Å². The van der Waals surface area contributed by atoms with Crippen LogP contribution in [0.5, 0.6) is 0 Å². The van der Waals surface area contributed by atoms with Gasteiger partial charge in [0, 0.05) is 19.4 Å². The molecule has 1 atom stereocenters. The van der Waals surface area contributed by atoms with Gasteiger partial charge in [-0.3, -0.25) is 0 Å². The molecule has 0 bridgehead atoms. The predicted octanol–water partition coefficient (Wildman–Crippen LogP) is 2.20. The van der Waals surface area contributed by atoms with E-state index in [1.807, 2.05) is 20.8 Å². The van der Waals surface area contributed by atoms with E-state index in [1.54, 1.807) is 0 Å². The van der Waals surface area contributed by atoms with Gasteiger partial charge in [-0.15, -0.1) is 0 Å². The maximum atomic E-state index is 11.5. The number of nitrogens with one attached hydrogen (secondary N) is 1. The fourth-order valence-corrected chi connectivity index (χ4v) is 2.40. The molecule has 1 spiro atoms. The van der Waals surface area contributed by atoms with Crippen molar-refractivity contribution in [2.45, 2.75) is 63.9 Å². The van der Waals surface area contributed by atoms with Crippen molar-refractivity contribution >= 4 is 6.09 Å². The molecule has 2 fully saturated rings. The average Bonchev–Trinajstić information content (AvgIpc) is 2.85. The third-order valence-corrected chi connectivity index (χ3v) is 3.15. The van der Waals surface area contributed by atoms with E-state index in [-0.39, 0.29) is 11.9 Å². The van der Waals surface area contributed by atoms with Gasteiger partial charge in [-0.05, 0) is 33.6 Å². The molecular formula is C13H23NO4. The van der Waals surface area contributed by atoms with Gasteiger partial charge < -0.3 is 19.5 Å². The van der Waals surface area contributed by atoms with Crippen molar-refractivity contribution < 1.29 is 19.0 Å². The van der Waals surface area contributed by atoms with E-state index in [1.165, 1.54) is 0 Å². The van der Waals surface area contributed by atoms with Crippen molar-refractivity contribution in [3.05, 3.63) is 0 Å². The van der Waals surface area contributed by atoms with Crippen LogP contribution < -0.4 is 5.32 Å². The second kappa shape index (κ2) is 5.05. The molecular weight excluding hydrogens is 234 g/mol. The normalized spacial score (nSPS) is 26.5. The molecule has 0 aromatic carbocycles. The summed E-state index contributed by atoms with van der Waals surface area (Å²) < 4.78 is 16.8. The quantitative estimate of drug-likeness (QED) is 0.824. The SMILES string of the molecule is CC(C)(C)OC(=O)NC[C@@H]1COC2(CCCC2)O1. The summed E-state index contributed by atoms with van der Waals surface area (Å²) in [6.07, 6.45) is 3.79. The summed E-state index contributed by atoms with van der Waals surface area (Å²) in [4.78, 5) is 11.5. The van der Waals surface area contributed by atoms with Crippen LogP contribution in [0.15, 0.2) is 0 Å². The highest BCUT2D eigenvalue weighted by atomic mass is 16.7. The summed E-state index contributed by atoms with van der Waals surface area (Å²) in [6.45, 7) is 6.52. The Labute approximate surface area is 108 Å². The van der Waals surface area contributed by atoms with E-state index in [2.05, 4.69) is 5.32 Å². The van der Waals surface area contributed by atoms with Crippen LogP contribution in [0.3, 0.4) is 0 Å². The molecule has 5 heteroatoms. The Morgan fingerprint density at radius 3 is 2.67 bits per heavy atom. The summed E-state index contributed by atoms with van der Waals surface area (Å²) in [5, 5.41) is 2.72. The van der Waals surface area contributed by atoms with Gasteiger partial charge >= 0.3 is 6.09 Å². The molecule has 18 heavy (non-hydrogen) atoms. The molecule has 5 nitrogen and oxygen atoms in total. The highest BCUT2D eigenvalue weighted by Gasteiger charge is 2.43. The summed E-state index contributed by atoms with van der Waals surface area (Å²) in [7, 11) is 0. The first kappa shape index (κ1) is 13.6. The van der Waals surface area contributed by atoms with Crippen LogP contribution in [-0.4, -0.2) is 36.7 Å². The number of hydrogen-bond donors (Lipinski definition) is 1. The van der Waals surface area contributed by atoms with Crippen LogP contribution >= 0.6 is 0 Å². The van der Waals surface area contributed by atoms with Crippen molar-refractivity contribution in [2.24, 2.45) is 0 Å². The summed E-state index contributed by atoms with van der Waals surface area (Å²) in [5.41, 5.74) is -0.468. The smallest absolute Gasteiger partial charge is 0.407 e. The first-order chi connectivity index (χ1) is 8.39. The van der Waals surface area contributed by atoms with Crippen LogP contribution in [0, 0.1) is 0 Å². The molecule has 104 valence electrons. The van der Waals surface area contributed by atoms with Crippen molar-refractivity contribution in [1.82, 2.24) is 5.32 Å². The summed E-state index contributed by atoms with van der Waals surface area (Å²) >= 11 is 0. The van der Waals surface area contributed by atoms with Gasteiger partial charge in [0.2, 0.25) is 0 Å². The monoisotopic (exact) mass is 257 g/mol. The number of hydrogen-bond acceptors (Lipinski definition) is 4. The van der Waals surface area contributed by atoms with Gasteiger partial charge in [-0.2, -0.15) is 0 Å². The van der Waals surface area contributed by atoms with Crippen molar-refractivity contribution in [1.29, 1.82) is 0 Å². The average molecular weight is 257 g/mol. The first-order valence-corrected chi connectivity index (χ1v) is 6.67. The Balaban J connectivity index is 1.70. The third-order valence-electron chi connectivity index (χ3n) is 3.15. The van der Waals surface area contributed by atoms with E-state index in [4.69, 9.17) is 14.2 Å². The molecule has 0 unspecified atom stereocenters. The molecule has 1 aliphatic carbocycles. The standard InChI is InChI=1S/C13H23NO4/c1-12(2,3)18-11(15)14-8-10-9-16-13(17-10)6-4-5-7-13/h10H,4-9H2,1-3H3,(H,14,15)/t10-/m1/s1. The van der Waals surface area contributed by atoms with Gasteiger partial charge in [0.05, 0.1) is 6.61 Å². The van der Waals surface area contributed by atoms with Crippen molar-refractivity contribution in [3.63, 3.8) is 0 Å². The van der Waals surface area contributed by atoms with Gasteiger partial charge in [-0.25, -0.2) is 4.79 Å². The minimum absolute atomic E-state index is 0.0596. The highest BCUT2D eigenvalue weighted by molar-refractivity contribution is 5.67. The number of ether oxygens (including phenoxy) is 3. The Kier molecular flexibility index (Phi) is 3.82. The number of carbonyl (C=O) groups excluding carboxylic acids is 1. The lowest BCUT2D eigenvalue weighted by atomic mass is 10.2. The van der Waals surface area contributed by atoms with E-state index in [0.717, 1.165) is 25.7 Å². The Bertz CT molecular complexity index is 305. The lowest BCUT2D eigenvalue weighted by Crippen LogP contribution is -2.38. The second-order valence-corrected chi connectivity index (χ2v) is 6.05. The van der Waals surface area contributed by atoms with Crippen molar-refractivity contribution in [2.75, 3.05) is 13.2 Å². The molecule has 1 saturated heterocycles. The molecule has 0 radical (unpaired) electrons. The number of amides is 1.